The molecule has 0 bridgehead atoms. The Kier molecular flexibility index (Phi) is 6.54. The molecule has 0 N–H and O–H groups in total. The van der Waals surface area contributed by atoms with Crippen LogP contribution in [-0.2, 0) is 9.59 Å². The van der Waals surface area contributed by atoms with E-state index in [1.165, 1.54) is 22.3 Å². The molecule has 1 spiro atoms. The summed E-state index contributed by atoms with van der Waals surface area (Å²) in [4.78, 5) is 35.3. The van der Waals surface area contributed by atoms with Crippen molar-refractivity contribution in [3.05, 3.63) is 65.3 Å². The third-order valence-electron chi connectivity index (χ3n) is 9.61. The number of hydrogen-bond acceptors (Lipinski definition) is 3. The normalized spacial score (nSPS) is 29.8. The first kappa shape index (κ1) is 25.3. The van der Waals surface area contributed by atoms with Gasteiger partial charge in [0.25, 0.3) is 5.91 Å². The highest BCUT2D eigenvalue weighted by Crippen LogP contribution is 2.47. The van der Waals surface area contributed by atoms with Crippen LogP contribution in [0.4, 0.5) is 0 Å². The number of benzene rings is 1. The Hall–Kier alpha value is -2.66. The molecule has 5 nitrogen and oxygen atoms in total. The maximum Gasteiger partial charge on any atom is 0.256 e. The predicted octanol–water partition coefficient (Wildman–Crippen LogP) is 6.25. The number of piperidine rings is 1. The minimum absolute atomic E-state index is 0.134. The van der Waals surface area contributed by atoms with Gasteiger partial charge in [-0.3, -0.25) is 19.5 Å². The smallest absolute Gasteiger partial charge is 0.256 e. The molecular weight excluding hydrogens is 506 g/mol. The van der Waals surface area contributed by atoms with Gasteiger partial charge >= 0.3 is 0 Å². The second-order valence-electron chi connectivity index (χ2n) is 12.6. The second kappa shape index (κ2) is 10.1. The van der Waals surface area contributed by atoms with Crippen molar-refractivity contribution in [2.45, 2.75) is 81.0 Å². The van der Waals surface area contributed by atoms with Crippen LogP contribution in [-0.4, -0.2) is 58.0 Å². The summed E-state index contributed by atoms with van der Waals surface area (Å²) in [5, 5.41) is 0.134. The van der Waals surface area contributed by atoms with Crippen molar-refractivity contribution < 1.29 is 9.59 Å². The Bertz CT molecular complexity index is 1280. The van der Waals surface area contributed by atoms with Crippen LogP contribution >= 0.6 is 11.6 Å². The Balaban J connectivity index is 1.05. The van der Waals surface area contributed by atoms with Crippen molar-refractivity contribution in [1.82, 2.24) is 9.80 Å². The highest BCUT2D eigenvalue weighted by molar-refractivity contribution is 6.21. The average molecular weight is 544 g/mol. The molecule has 6 aliphatic rings. The summed E-state index contributed by atoms with van der Waals surface area (Å²) in [6.07, 6.45) is 18.6. The molecule has 204 valence electrons. The van der Waals surface area contributed by atoms with E-state index >= 15 is 0 Å². The van der Waals surface area contributed by atoms with Crippen molar-refractivity contribution >= 4 is 34.8 Å². The molecule has 2 saturated carbocycles. The zero-order chi connectivity index (χ0) is 26.6. The van der Waals surface area contributed by atoms with E-state index in [-0.39, 0.29) is 17.2 Å². The van der Waals surface area contributed by atoms with Crippen molar-refractivity contribution in [3.63, 3.8) is 0 Å². The maximum absolute atomic E-state index is 13.5. The fraction of sp³-hybridized carbons (Fsp3) is 0.545. The Morgan fingerprint density at radius 2 is 1.82 bits per heavy atom. The summed E-state index contributed by atoms with van der Waals surface area (Å²) in [5.41, 5.74) is 4.65. The van der Waals surface area contributed by atoms with Gasteiger partial charge in [-0.15, -0.1) is 11.6 Å². The number of amides is 2. The van der Waals surface area contributed by atoms with Gasteiger partial charge in [0.2, 0.25) is 5.91 Å². The lowest BCUT2D eigenvalue weighted by molar-refractivity contribution is -0.134. The van der Waals surface area contributed by atoms with Gasteiger partial charge in [-0.25, -0.2) is 0 Å². The van der Waals surface area contributed by atoms with Crippen LogP contribution in [0.25, 0.3) is 5.57 Å². The van der Waals surface area contributed by atoms with Crippen LogP contribution in [0.5, 0.6) is 0 Å². The van der Waals surface area contributed by atoms with Crippen molar-refractivity contribution in [3.8, 4) is 0 Å². The number of amidine groups is 1. The van der Waals surface area contributed by atoms with Crippen LogP contribution in [0.2, 0.25) is 0 Å². The van der Waals surface area contributed by atoms with E-state index in [4.69, 9.17) is 16.6 Å². The standard InChI is InChI=1S/C33H38ClN3O2/c34-29-5-1-4-28(19-29)25-8-6-23(7-9-25)24-10-12-26(13-11-24)30-35-33(16-17-33)32(39)37(30)21-22-3-2-18-36(20-22)31(38)27-14-15-27/h1,5-10,12,22,27-29H,2-4,11,13-21H2/t22-,28?,29?/m0/s1. The van der Waals surface area contributed by atoms with E-state index < -0.39 is 5.54 Å². The van der Waals surface area contributed by atoms with Gasteiger partial charge < -0.3 is 4.90 Å². The number of carbonyl (C=O) groups excluding carboxylic acids is 2. The van der Waals surface area contributed by atoms with E-state index in [1.807, 2.05) is 4.90 Å². The molecule has 0 aromatic heterocycles. The SMILES string of the molecule is O=C(C1CC1)N1CCC[C@H](CN2C(=O)C3(CC3)N=C2C2=CC=C(c3ccc(C4CC=CC(Cl)C4)cc3)CC2)C1. The number of likely N-dealkylation sites (tertiary alicyclic amines) is 1. The molecule has 2 aliphatic heterocycles. The number of nitrogens with zero attached hydrogens (tertiary/aromatic N) is 3. The number of hydrogen-bond donors (Lipinski definition) is 0. The summed E-state index contributed by atoms with van der Waals surface area (Å²) >= 11 is 6.36. The number of halogens is 1. The molecule has 1 saturated heterocycles. The molecule has 7 rings (SSSR count). The van der Waals surface area contributed by atoms with Crippen molar-refractivity contribution in [2.24, 2.45) is 16.8 Å². The summed E-state index contributed by atoms with van der Waals surface area (Å²) in [6.45, 7) is 2.33. The zero-order valence-corrected chi connectivity index (χ0v) is 23.4. The van der Waals surface area contributed by atoms with Gasteiger partial charge in [0.05, 0.1) is 5.38 Å². The van der Waals surface area contributed by atoms with Gasteiger partial charge in [0.1, 0.15) is 11.4 Å². The Morgan fingerprint density at radius 3 is 2.51 bits per heavy atom. The first-order chi connectivity index (χ1) is 19.0. The van der Waals surface area contributed by atoms with Crippen LogP contribution in [0.15, 0.2) is 59.1 Å². The molecule has 4 aliphatic carbocycles. The topological polar surface area (TPSA) is 53.0 Å². The molecule has 2 unspecified atom stereocenters. The summed E-state index contributed by atoms with van der Waals surface area (Å²) < 4.78 is 0. The minimum atomic E-state index is -0.496. The summed E-state index contributed by atoms with van der Waals surface area (Å²) in [5.74, 6) is 2.50. The van der Waals surface area contributed by atoms with Crippen molar-refractivity contribution in [1.29, 1.82) is 0 Å². The lowest BCUT2D eigenvalue weighted by Gasteiger charge is -2.35. The first-order valence-corrected chi connectivity index (χ1v) is 15.4. The van der Waals surface area contributed by atoms with Crippen LogP contribution in [0.1, 0.15) is 81.3 Å². The van der Waals surface area contributed by atoms with Crippen LogP contribution in [0, 0.1) is 11.8 Å². The highest BCUT2D eigenvalue weighted by atomic mass is 35.5. The van der Waals surface area contributed by atoms with E-state index in [2.05, 4.69) is 53.5 Å². The zero-order valence-electron chi connectivity index (χ0n) is 22.7. The third kappa shape index (κ3) is 5.03. The molecule has 3 fully saturated rings. The van der Waals surface area contributed by atoms with Crippen LogP contribution < -0.4 is 0 Å². The average Bonchev–Trinajstić information content (AvgIpc) is 3.90. The number of alkyl halides is 1. The van der Waals surface area contributed by atoms with E-state index in [0.717, 1.165) is 83.1 Å². The minimum Gasteiger partial charge on any atom is -0.342 e. The largest absolute Gasteiger partial charge is 0.342 e. The number of aliphatic imine (C=N–C) groups is 1. The van der Waals surface area contributed by atoms with E-state index in [0.29, 0.717) is 24.3 Å². The molecule has 1 aromatic rings. The van der Waals surface area contributed by atoms with Gasteiger partial charge in [-0.1, -0.05) is 48.6 Å². The lowest BCUT2D eigenvalue weighted by atomic mass is 9.86. The fourth-order valence-electron chi connectivity index (χ4n) is 6.92. The number of rotatable bonds is 6. The van der Waals surface area contributed by atoms with Crippen LogP contribution in [0.3, 0.4) is 0 Å². The van der Waals surface area contributed by atoms with Gasteiger partial charge in [0, 0.05) is 25.6 Å². The Labute approximate surface area is 236 Å². The lowest BCUT2D eigenvalue weighted by Crippen LogP contribution is -2.47. The highest BCUT2D eigenvalue weighted by Gasteiger charge is 2.57. The molecular formula is C33H38ClN3O2. The molecule has 0 radical (unpaired) electrons. The van der Waals surface area contributed by atoms with E-state index in [9.17, 15) is 9.59 Å². The summed E-state index contributed by atoms with van der Waals surface area (Å²) in [6, 6.07) is 9.04. The molecule has 1 aromatic carbocycles. The fourth-order valence-corrected chi connectivity index (χ4v) is 7.24. The molecule has 2 amide bonds. The summed E-state index contributed by atoms with van der Waals surface area (Å²) in [7, 11) is 0. The number of carbonyl (C=O) groups is 2. The molecule has 3 atom stereocenters. The molecule has 39 heavy (non-hydrogen) atoms. The van der Waals surface area contributed by atoms with Gasteiger partial charge in [-0.2, -0.15) is 0 Å². The maximum atomic E-state index is 13.5. The molecule has 2 heterocycles. The second-order valence-corrected chi connectivity index (χ2v) is 13.1. The van der Waals surface area contributed by atoms with E-state index in [1.54, 1.807) is 0 Å². The quantitative estimate of drug-likeness (QED) is 0.314. The van der Waals surface area contributed by atoms with Crippen molar-refractivity contribution in [2.75, 3.05) is 19.6 Å². The monoisotopic (exact) mass is 543 g/mol. The van der Waals surface area contributed by atoms with Gasteiger partial charge in [-0.05, 0) is 98.3 Å². The van der Waals surface area contributed by atoms with Gasteiger partial charge in [0.15, 0.2) is 0 Å². The molecule has 6 heteroatoms. The Morgan fingerprint density at radius 1 is 1.05 bits per heavy atom. The third-order valence-corrected chi connectivity index (χ3v) is 9.93. The predicted molar refractivity (Wildman–Crippen MR) is 156 cm³/mol. The first-order valence-electron chi connectivity index (χ1n) is 15.0. The number of allylic oxidation sites excluding steroid dienone is 5.